The minimum Gasteiger partial charge on any atom is -0.484 e. The maximum absolute atomic E-state index is 12.1. The van der Waals surface area contributed by atoms with E-state index in [1.807, 2.05) is 6.07 Å². The largest absolute Gasteiger partial charge is 0.484 e. The van der Waals surface area contributed by atoms with Crippen LogP contribution in [0.25, 0.3) is 0 Å². The summed E-state index contributed by atoms with van der Waals surface area (Å²) in [4.78, 5) is 0. The fraction of sp³-hybridized carbons (Fsp3) is 0.571. The summed E-state index contributed by atoms with van der Waals surface area (Å²) in [6, 6.07) is 5.56. The molecule has 0 saturated heterocycles. The molecular formula is C14H18F3NO. The van der Waals surface area contributed by atoms with Crippen LogP contribution in [0.1, 0.15) is 36.9 Å². The van der Waals surface area contributed by atoms with Gasteiger partial charge in [-0.1, -0.05) is 13.0 Å². The lowest BCUT2D eigenvalue weighted by Gasteiger charge is -2.26. The van der Waals surface area contributed by atoms with Crippen molar-refractivity contribution in [1.29, 1.82) is 0 Å². The van der Waals surface area contributed by atoms with Gasteiger partial charge in [0.05, 0.1) is 0 Å². The van der Waals surface area contributed by atoms with Crippen molar-refractivity contribution < 1.29 is 17.9 Å². The van der Waals surface area contributed by atoms with E-state index in [4.69, 9.17) is 4.74 Å². The molecule has 1 aromatic rings. The Morgan fingerprint density at radius 3 is 2.84 bits per heavy atom. The van der Waals surface area contributed by atoms with Gasteiger partial charge in [0.2, 0.25) is 0 Å². The van der Waals surface area contributed by atoms with Crippen molar-refractivity contribution in [1.82, 2.24) is 5.32 Å². The zero-order valence-electron chi connectivity index (χ0n) is 10.9. The molecule has 1 aliphatic rings. The number of hydrogen-bond donors (Lipinski definition) is 1. The molecule has 1 atom stereocenters. The Morgan fingerprint density at radius 1 is 1.37 bits per heavy atom. The molecule has 0 spiro atoms. The van der Waals surface area contributed by atoms with Gasteiger partial charge < -0.3 is 10.1 Å². The molecule has 0 aromatic heterocycles. The summed E-state index contributed by atoms with van der Waals surface area (Å²) in [5.41, 5.74) is 2.28. The van der Waals surface area contributed by atoms with E-state index >= 15 is 0 Å². The van der Waals surface area contributed by atoms with Gasteiger partial charge >= 0.3 is 6.18 Å². The van der Waals surface area contributed by atoms with Crippen LogP contribution in [0.2, 0.25) is 0 Å². The topological polar surface area (TPSA) is 21.3 Å². The highest BCUT2D eigenvalue weighted by atomic mass is 19.4. The lowest BCUT2D eigenvalue weighted by molar-refractivity contribution is -0.153. The summed E-state index contributed by atoms with van der Waals surface area (Å²) in [6.45, 7) is 1.70. The SMILES string of the molecule is CCNC1CCCc2cc(OCC(F)(F)F)ccc21. The van der Waals surface area contributed by atoms with Crippen molar-refractivity contribution in [2.24, 2.45) is 0 Å². The summed E-state index contributed by atoms with van der Waals surface area (Å²) >= 11 is 0. The van der Waals surface area contributed by atoms with Crippen LogP contribution in [0, 0.1) is 0 Å². The molecule has 0 heterocycles. The summed E-state index contributed by atoms with van der Waals surface area (Å²) < 4.78 is 41.1. The highest BCUT2D eigenvalue weighted by Crippen LogP contribution is 2.32. The van der Waals surface area contributed by atoms with Gasteiger partial charge in [0, 0.05) is 6.04 Å². The Balaban J connectivity index is 2.10. The quantitative estimate of drug-likeness (QED) is 0.904. The van der Waals surface area contributed by atoms with Gasteiger partial charge in [-0.05, 0) is 49.1 Å². The molecule has 0 aliphatic heterocycles. The van der Waals surface area contributed by atoms with E-state index in [-0.39, 0.29) is 0 Å². The Bertz CT molecular complexity index is 431. The van der Waals surface area contributed by atoms with E-state index in [1.165, 1.54) is 5.56 Å². The van der Waals surface area contributed by atoms with Crippen LogP contribution in [0.15, 0.2) is 18.2 Å². The Kier molecular flexibility index (Phi) is 4.34. The average Bonchev–Trinajstić information content (AvgIpc) is 2.36. The Hall–Kier alpha value is -1.23. The fourth-order valence-electron chi connectivity index (χ4n) is 2.50. The summed E-state index contributed by atoms with van der Waals surface area (Å²) in [7, 11) is 0. The standard InChI is InChI=1S/C14H18F3NO/c1-2-18-13-5-3-4-10-8-11(6-7-12(10)13)19-9-14(15,16)17/h6-8,13,18H,2-5,9H2,1H3. The first-order chi connectivity index (χ1) is 8.99. The third-order valence-corrected chi connectivity index (χ3v) is 3.28. The second kappa shape index (κ2) is 5.82. The summed E-state index contributed by atoms with van der Waals surface area (Å²) in [5.74, 6) is 0.299. The van der Waals surface area contributed by atoms with Gasteiger partial charge in [-0.2, -0.15) is 13.2 Å². The third kappa shape index (κ3) is 3.86. The van der Waals surface area contributed by atoms with Crippen LogP contribution < -0.4 is 10.1 Å². The molecule has 1 N–H and O–H groups in total. The number of rotatable bonds is 4. The van der Waals surface area contributed by atoms with E-state index in [0.717, 1.165) is 31.4 Å². The van der Waals surface area contributed by atoms with Gasteiger partial charge in [-0.25, -0.2) is 0 Å². The molecular weight excluding hydrogens is 255 g/mol. The predicted molar refractivity (Wildman–Crippen MR) is 67.3 cm³/mol. The average molecular weight is 273 g/mol. The van der Waals surface area contributed by atoms with E-state index in [2.05, 4.69) is 12.2 Å². The minimum atomic E-state index is -4.29. The first-order valence-electron chi connectivity index (χ1n) is 6.55. The summed E-state index contributed by atoms with van der Waals surface area (Å²) in [5, 5.41) is 3.40. The fourth-order valence-corrected chi connectivity index (χ4v) is 2.50. The molecule has 1 unspecified atom stereocenters. The molecule has 1 aromatic carbocycles. The predicted octanol–water partition coefficient (Wildman–Crippen LogP) is 3.61. The van der Waals surface area contributed by atoms with Crippen LogP contribution in [-0.2, 0) is 6.42 Å². The van der Waals surface area contributed by atoms with Crippen molar-refractivity contribution >= 4 is 0 Å². The Morgan fingerprint density at radius 2 is 2.16 bits per heavy atom. The molecule has 0 fully saturated rings. The van der Waals surface area contributed by atoms with E-state index in [1.54, 1.807) is 12.1 Å². The Labute approximate surface area is 111 Å². The number of benzene rings is 1. The first-order valence-corrected chi connectivity index (χ1v) is 6.55. The zero-order chi connectivity index (χ0) is 13.9. The lowest BCUT2D eigenvalue weighted by Crippen LogP contribution is -2.25. The van der Waals surface area contributed by atoms with Crippen LogP contribution >= 0.6 is 0 Å². The molecule has 106 valence electrons. The van der Waals surface area contributed by atoms with Gasteiger partial charge in [-0.3, -0.25) is 0 Å². The zero-order valence-corrected chi connectivity index (χ0v) is 10.9. The van der Waals surface area contributed by atoms with Crippen LogP contribution in [-0.4, -0.2) is 19.3 Å². The molecule has 2 nitrogen and oxygen atoms in total. The van der Waals surface area contributed by atoms with E-state index in [9.17, 15) is 13.2 Å². The second-order valence-corrected chi connectivity index (χ2v) is 4.77. The molecule has 5 heteroatoms. The lowest BCUT2D eigenvalue weighted by atomic mass is 9.87. The third-order valence-electron chi connectivity index (χ3n) is 3.28. The monoisotopic (exact) mass is 273 g/mol. The molecule has 2 rings (SSSR count). The van der Waals surface area contributed by atoms with Crippen molar-refractivity contribution in [2.45, 2.75) is 38.4 Å². The normalized spacial score (nSPS) is 19.1. The first kappa shape index (κ1) is 14.2. The number of hydrogen-bond acceptors (Lipinski definition) is 2. The maximum Gasteiger partial charge on any atom is 0.422 e. The van der Waals surface area contributed by atoms with Crippen molar-refractivity contribution in [3.8, 4) is 5.75 Å². The number of nitrogens with one attached hydrogen (secondary N) is 1. The summed E-state index contributed by atoms with van der Waals surface area (Å²) in [6.07, 6.45) is -1.26. The number of halogens is 3. The highest BCUT2D eigenvalue weighted by molar-refractivity contribution is 5.39. The molecule has 0 radical (unpaired) electrons. The van der Waals surface area contributed by atoms with E-state index < -0.39 is 12.8 Å². The molecule has 0 bridgehead atoms. The second-order valence-electron chi connectivity index (χ2n) is 4.77. The van der Waals surface area contributed by atoms with Gasteiger partial charge in [0.1, 0.15) is 5.75 Å². The number of aryl methyl sites for hydroxylation is 1. The van der Waals surface area contributed by atoms with Gasteiger partial charge in [-0.15, -0.1) is 0 Å². The van der Waals surface area contributed by atoms with Crippen molar-refractivity contribution in [3.63, 3.8) is 0 Å². The molecule has 0 saturated carbocycles. The number of alkyl halides is 3. The number of ether oxygens (including phenoxy) is 1. The van der Waals surface area contributed by atoms with Crippen molar-refractivity contribution in [2.75, 3.05) is 13.2 Å². The van der Waals surface area contributed by atoms with Crippen LogP contribution in [0.4, 0.5) is 13.2 Å². The van der Waals surface area contributed by atoms with E-state index in [0.29, 0.717) is 11.8 Å². The number of fused-ring (bicyclic) bond motifs is 1. The van der Waals surface area contributed by atoms with Gasteiger partial charge in [0.25, 0.3) is 0 Å². The highest BCUT2D eigenvalue weighted by Gasteiger charge is 2.28. The van der Waals surface area contributed by atoms with Crippen LogP contribution in [0.3, 0.4) is 0 Å². The molecule has 0 amide bonds. The van der Waals surface area contributed by atoms with Gasteiger partial charge in [0.15, 0.2) is 6.61 Å². The maximum atomic E-state index is 12.1. The van der Waals surface area contributed by atoms with Crippen LogP contribution in [0.5, 0.6) is 5.75 Å². The molecule has 1 aliphatic carbocycles. The minimum absolute atomic E-state index is 0.299. The molecule has 19 heavy (non-hydrogen) atoms. The van der Waals surface area contributed by atoms with Crippen molar-refractivity contribution in [3.05, 3.63) is 29.3 Å². The smallest absolute Gasteiger partial charge is 0.422 e.